The molecule has 1 aliphatic rings. The number of rotatable bonds is 3. The number of morpholine rings is 1. The van der Waals surface area contributed by atoms with E-state index in [1.807, 2.05) is 13.0 Å². The predicted molar refractivity (Wildman–Crippen MR) is 60.9 cm³/mol. The van der Waals surface area contributed by atoms with Gasteiger partial charge in [-0.1, -0.05) is 0 Å². The number of aryl methyl sites for hydroxylation is 1. The number of carbonyl (C=O) groups excluding carboxylic acids is 1. The zero-order chi connectivity index (χ0) is 12.3. The van der Waals surface area contributed by atoms with E-state index in [2.05, 4.69) is 9.64 Å². The minimum Gasteiger partial charge on any atom is -0.463 e. The average molecular weight is 239 g/mol. The Morgan fingerprint density at radius 1 is 1.47 bits per heavy atom. The number of methoxy groups -OCH3 is 1. The molecular weight excluding hydrogens is 222 g/mol. The molecule has 0 aliphatic carbocycles. The highest BCUT2D eigenvalue weighted by Crippen LogP contribution is 2.17. The second kappa shape index (κ2) is 5.33. The molecule has 0 saturated carbocycles. The van der Waals surface area contributed by atoms with Crippen LogP contribution in [0.2, 0.25) is 0 Å². The first kappa shape index (κ1) is 12.1. The number of esters is 1. The van der Waals surface area contributed by atoms with Crippen LogP contribution < -0.4 is 0 Å². The van der Waals surface area contributed by atoms with E-state index in [0.717, 1.165) is 37.6 Å². The molecule has 1 aromatic rings. The van der Waals surface area contributed by atoms with Gasteiger partial charge in [0.15, 0.2) is 0 Å². The van der Waals surface area contributed by atoms with E-state index in [4.69, 9.17) is 9.15 Å². The fourth-order valence-electron chi connectivity index (χ4n) is 1.90. The number of nitrogens with zero attached hydrogens (tertiary/aromatic N) is 1. The number of ether oxygens (including phenoxy) is 2. The van der Waals surface area contributed by atoms with Crippen LogP contribution in [0.15, 0.2) is 10.5 Å². The molecule has 2 rings (SSSR count). The van der Waals surface area contributed by atoms with Gasteiger partial charge >= 0.3 is 5.97 Å². The molecule has 0 unspecified atom stereocenters. The SMILES string of the molecule is COC(=O)c1oc(CN2CCOCC2)cc1C. The molecule has 1 saturated heterocycles. The summed E-state index contributed by atoms with van der Waals surface area (Å²) in [7, 11) is 1.35. The van der Waals surface area contributed by atoms with Crippen LogP contribution in [0.25, 0.3) is 0 Å². The maximum absolute atomic E-state index is 11.4. The van der Waals surface area contributed by atoms with Gasteiger partial charge in [-0.15, -0.1) is 0 Å². The fourth-order valence-corrected chi connectivity index (χ4v) is 1.90. The van der Waals surface area contributed by atoms with Crippen molar-refractivity contribution >= 4 is 5.97 Å². The molecule has 2 heterocycles. The molecule has 1 aliphatic heterocycles. The van der Waals surface area contributed by atoms with Crippen LogP contribution in [-0.4, -0.2) is 44.3 Å². The van der Waals surface area contributed by atoms with Crippen LogP contribution in [0, 0.1) is 6.92 Å². The predicted octanol–water partition coefficient (Wildman–Crippen LogP) is 1.21. The lowest BCUT2D eigenvalue weighted by Crippen LogP contribution is -2.35. The highest BCUT2D eigenvalue weighted by atomic mass is 16.5. The third kappa shape index (κ3) is 2.87. The lowest BCUT2D eigenvalue weighted by atomic mass is 10.2. The summed E-state index contributed by atoms with van der Waals surface area (Å²) in [6, 6.07) is 1.89. The zero-order valence-electron chi connectivity index (χ0n) is 10.2. The van der Waals surface area contributed by atoms with E-state index in [1.165, 1.54) is 7.11 Å². The van der Waals surface area contributed by atoms with E-state index in [0.29, 0.717) is 12.3 Å². The fraction of sp³-hybridized carbons (Fsp3) is 0.583. The number of furan rings is 1. The second-order valence-corrected chi connectivity index (χ2v) is 4.10. The Morgan fingerprint density at radius 3 is 2.82 bits per heavy atom. The van der Waals surface area contributed by atoms with Crippen molar-refractivity contribution < 1.29 is 18.7 Å². The molecule has 0 radical (unpaired) electrons. The van der Waals surface area contributed by atoms with Crippen molar-refractivity contribution in [1.29, 1.82) is 0 Å². The Balaban J connectivity index is 2.03. The summed E-state index contributed by atoms with van der Waals surface area (Å²) in [5, 5.41) is 0. The zero-order valence-corrected chi connectivity index (χ0v) is 10.2. The van der Waals surface area contributed by atoms with Gasteiger partial charge in [0, 0.05) is 18.7 Å². The summed E-state index contributed by atoms with van der Waals surface area (Å²) in [6.45, 7) is 5.85. The lowest BCUT2D eigenvalue weighted by molar-refractivity contribution is 0.0307. The van der Waals surface area contributed by atoms with Gasteiger partial charge in [-0.2, -0.15) is 0 Å². The van der Waals surface area contributed by atoms with Crippen molar-refractivity contribution in [3.05, 3.63) is 23.2 Å². The first-order valence-corrected chi connectivity index (χ1v) is 5.68. The molecular formula is C12H17NO4. The monoisotopic (exact) mass is 239 g/mol. The van der Waals surface area contributed by atoms with Gasteiger partial charge < -0.3 is 13.9 Å². The van der Waals surface area contributed by atoms with Crippen LogP contribution in [0.1, 0.15) is 21.9 Å². The van der Waals surface area contributed by atoms with Crippen molar-refractivity contribution in [2.75, 3.05) is 33.4 Å². The van der Waals surface area contributed by atoms with E-state index in [1.54, 1.807) is 0 Å². The highest BCUT2D eigenvalue weighted by Gasteiger charge is 2.18. The molecule has 0 N–H and O–H groups in total. The van der Waals surface area contributed by atoms with Gasteiger partial charge in [0.05, 0.1) is 26.9 Å². The van der Waals surface area contributed by atoms with E-state index >= 15 is 0 Å². The van der Waals surface area contributed by atoms with E-state index in [-0.39, 0.29) is 0 Å². The Hall–Kier alpha value is -1.33. The molecule has 0 aromatic carbocycles. The van der Waals surface area contributed by atoms with Crippen molar-refractivity contribution in [3.8, 4) is 0 Å². The maximum atomic E-state index is 11.4. The number of hydrogen-bond acceptors (Lipinski definition) is 5. The first-order valence-electron chi connectivity index (χ1n) is 5.68. The van der Waals surface area contributed by atoms with Crippen LogP contribution in [-0.2, 0) is 16.0 Å². The smallest absolute Gasteiger partial charge is 0.374 e. The molecule has 5 heteroatoms. The molecule has 5 nitrogen and oxygen atoms in total. The molecule has 17 heavy (non-hydrogen) atoms. The first-order chi connectivity index (χ1) is 8.20. The minimum atomic E-state index is -0.421. The highest BCUT2D eigenvalue weighted by molar-refractivity contribution is 5.87. The van der Waals surface area contributed by atoms with Crippen LogP contribution in [0.4, 0.5) is 0 Å². The van der Waals surface area contributed by atoms with Gasteiger partial charge in [-0.25, -0.2) is 4.79 Å². The number of carbonyl (C=O) groups is 1. The summed E-state index contributed by atoms with van der Waals surface area (Å²) in [5.74, 6) is 0.677. The average Bonchev–Trinajstić information content (AvgIpc) is 2.70. The van der Waals surface area contributed by atoms with Crippen LogP contribution in [0.3, 0.4) is 0 Å². The van der Waals surface area contributed by atoms with Gasteiger partial charge in [-0.05, 0) is 13.0 Å². The van der Waals surface area contributed by atoms with E-state index < -0.39 is 5.97 Å². The Morgan fingerprint density at radius 2 is 2.18 bits per heavy atom. The van der Waals surface area contributed by atoms with E-state index in [9.17, 15) is 4.79 Å². The van der Waals surface area contributed by atoms with Gasteiger partial charge in [0.1, 0.15) is 5.76 Å². The third-order valence-corrected chi connectivity index (χ3v) is 2.82. The van der Waals surface area contributed by atoms with Crippen LogP contribution in [0.5, 0.6) is 0 Å². The minimum absolute atomic E-state index is 0.302. The summed E-state index contributed by atoms with van der Waals surface area (Å²) >= 11 is 0. The molecule has 94 valence electrons. The summed E-state index contributed by atoms with van der Waals surface area (Å²) in [4.78, 5) is 13.6. The normalized spacial score (nSPS) is 17.1. The topological polar surface area (TPSA) is 51.9 Å². The summed E-state index contributed by atoms with van der Waals surface area (Å²) < 4.78 is 15.4. The third-order valence-electron chi connectivity index (χ3n) is 2.82. The Kier molecular flexibility index (Phi) is 3.81. The van der Waals surface area contributed by atoms with Crippen LogP contribution >= 0.6 is 0 Å². The molecule has 0 bridgehead atoms. The molecule has 1 aromatic heterocycles. The second-order valence-electron chi connectivity index (χ2n) is 4.10. The Labute approximate surface area is 100 Å². The Bertz CT molecular complexity index is 393. The summed E-state index contributed by atoms with van der Waals surface area (Å²) in [5.41, 5.74) is 0.820. The molecule has 0 amide bonds. The van der Waals surface area contributed by atoms with Gasteiger partial charge in [-0.3, -0.25) is 4.90 Å². The van der Waals surface area contributed by atoms with Crippen molar-refractivity contribution in [2.24, 2.45) is 0 Å². The standard InChI is InChI=1S/C12H17NO4/c1-9-7-10(17-11(9)12(14)15-2)8-13-3-5-16-6-4-13/h7H,3-6,8H2,1-2H3. The van der Waals surface area contributed by atoms with Gasteiger partial charge in [0.25, 0.3) is 0 Å². The molecule has 1 fully saturated rings. The molecule has 0 atom stereocenters. The van der Waals surface area contributed by atoms with Gasteiger partial charge in [0.2, 0.25) is 5.76 Å². The molecule has 0 spiro atoms. The largest absolute Gasteiger partial charge is 0.463 e. The van der Waals surface area contributed by atoms with Crippen molar-refractivity contribution in [2.45, 2.75) is 13.5 Å². The van der Waals surface area contributed by atoms with Crippen molar-refractivity contribution in [3.63, 3.8) is 0 Å². The lowest BCUT2D eigenvalue weighted by Gasteiger charge is -2.25. The van der Waals surface area contributed by atoms with Crippen molar-refractivity contribution in [1.82, 2.24) is 4.90 Å². The number of hydrogen-bond donors (Lipinski definition) is 0. The quantitative estimate of drug-likeness (QED) is 0.742. The summed E-state index contributed by atoms with van der Waals surface area (Å²) in [6.07, 6.45) is 0. The maximum Gasteiger partial charge on any atom is 0.374 e.